The predicted octanol–water partition coefficient (Wildman–Crippen LogP) is 2.26. The first-order valence-electron chi connectivity index (χ1n) is 5.19. The van der Waals surface area contributed by atoms with Gasteiger partial charge >= 0.3 is 0 Å². The average Bonchev–Trinajstić information content (AvgIpc) is 2.78. The first kappa shape index (κ1) is 10.1. The normalized spacial score (nSPS) is 26.9. The van der Waals surface area contributed by atoms with Crippen LogP contribution in [0.5, 0.6) is 0 Å². The molecule has 1 aliphatic rings. The van der Waals surface area contributed by atoms with Crippen molar-refractivity contribution in [3.63, 3.8) is 0 Å². The quantitative estimate of drug-likeness (QED) is 0.825. The summed E-state index contributed by atoms with van der Waals surface area (Å²) in [5.74, 6) is 0.702. The zero-order valence-corrected chi connectivity index (χ0v) is 9.35. The molecule has 78 valence electrons. The molecule has 1 aliphatic heterocycles. The molecule has 1 aromatic heterocycles. The summed E-state index contributed by atoms with van der Waals surface area (Å²) in [4.78, 5) is 0. The summed E-state index contributed by atoms with van der Waals surface area (Å²) in [6, 6.07) is 2.17. The van der Waals surface area contributed by atoms with E-state index in [-0.39, 0.29) is 0 Å². The van der Waals surface area contributed by atoms with Crippen molar-refractivity contribution in [1.29, 1.82) is 0 Å². The lowest BCUT2D eigenvalue weighted by Crippen LogP contribution is -2.26. The fraction of sp³-hybridized carbons (Fsp3) is 0.636. The summed E-state index contributed by atoms with van der Waals surface area (Å²) in [6.45, 7) is 5.18. The third-order valence-electron chi connectivity index (χ3n) is 2.85. The molecule has 0 aliphatic carbocycles. The largest absolute Gasteiger partial charge is 0.378 e. The van der Waals surface area contributed by atoms with Crippen LogP contribution in [0.25, 0.3) is 0 Å². The second-order valence-electron chi connectivity index (χ2n) is 3.89. The molecule has 0 aromatic carbocycles. The van der Waals surface area contributed by atoms with Gasteiger partial charge in [-0.05, 0) is 41.7 Å². The number of thiophene rings is 1. The summed E-state index contributed by atoms with van der Waals surface area (Å²) < 4.78 is 5.52. The molecule has 14 heavy (non-hydrogen) atoms. The topological polar surface area (TPSA) is 21.3 Å². The van der Waals surface area contributed by atoms with E-state index >= 15 is 0 Å². The van der Waals surface area contributed by atoms with E-state index in [9.17, 15) is 0 Å². The number of ether oxygens (including phenoxy) is 1. The van der Waals surface area contributed by atoms with Gasteiger partial charge in [0.15, 0.2) is 0 Å². The molecule has 0 spiro atoms. The highest BCUT2D eigenvalue weighted by Crippen LogP contribution is 2.19. The van der Waals surface area contributed by atoms with Crippen molar-refractivity contribution in [2.24, 2.45) is 5.92 Å². The molecule has 0 saturated carbocycles. The molecule has 2 rings (SSSR count). The molecule has 0 bridgehead atoms. The van der Waals surface area contributed by atoms with Crippen molar-refractivity contribution >= 4 is 11.3 Å². The SMILES string of the molecule is CC1OCCC1CNCc1ccsc1. The van der Waals surface area contributed by atoms with Gasteiger partial charge in [0.25, 0.3) is 0 Å². The average molecular weight is 211 g/mol. The maximum Gasteiger partial charge on any atom is 0.0588 e. The molecule has 1 N–H and O–H groups in total. The van der Waals surface area contributed by atoms with Crippen molar-refractivity contribution in [3.05, 3.63) is 22.4 Å². The first-order chi connectivity index (χ1) is 6.86. The van der Waals surface area contributed by atoms with E-state index in [0.717, 1.165) is 19.7 Å². The van der Waals surface area contributed by atoms with Crippen LogP contribution >= 0.6 is 11.3 Å². The van der Waals surface area contributed by atoms with E-state index in [1.165, 1.54) is 12.0 Å². The highest BCUT2D eigenvalue weighted by Gasteiger charge is 2.23. The Morgan fingerprint density at radius 3 is 3.21 bits per heavy atom. The maximum absolute atomic E-state index is 5.52. The van der Waals surface area contributed by atoms with E-state index in [4.69, 9.17) is 4.74 Å². The zero-order chi connectivity index (χ0) is 9.80. The van der Waals surface area contributed by atoms with Gasteiger partial charge in [0, 0.05) is 19.7 Å². The lowest BCUT2D eigenvalue weighted by molar-refractivity contribution is 0.105. The lowest BCUT2D eigenvalue weighted by atomic mass is 10.0. The van der Waals surface area contributed by atoms with Crippen molar-refractivity contribution in [3.8, 4) is 0 Å². The Kier molecular flexibility index (Phi) is 3.56. The molecule has 0 amide bonds. The third-order valence-corrected chi connectivity index (χ3v) is 3.58. The van der Waals surface area contributed by atoms with E-state index in [1.807, 2.05) is 0 Å². The van der Waals surface area contributed by atoms with Gasteiger partial charge in [0.1, 0.15) is 0 Å². The lowest BCUT2D eigenvalue weighted by Gasteiger charge is -2.14. The highest BCUT2D eigenvalue weighted by molar-refractivity contribution is 7.07. The van der Waals surface area contributed by atoms with Crippen molar-refractivity contribution < 1.29 is 4.74 Å². The molecule has 2 unspecified atom stereocenters. The Labute approximate surface area is 89.3 Å². The molecular weight excluding hydrogens is 194 g/mol. The van der Waals surface area contributed by atoms with Crippen LogP contribution in [0.3, 0.4) is 0 Å². The van der Waals surface area contributed by atoms with Crippen LogP contribution in [-0.2, 0) is 11.3 Å². The van der Waals surface area contributed by atoms with Crippen LogP contribution < -0.4 is 5.32 Å². The van der Waals surface area contributed by atoms with E-state index in [0.29, 0.717) is 12.0 Å². The molecule has 3 heteroatoms. The molecule has 2 nitrogen and oxygen atoms in total. The van der Waals surface area contributed by atoms with Crippen LogP contribution in [0, 0.1) is 5.92 Å². The van der Waals surface area contributed by atoms with E-state index in [2.05, 4.69) is 29.1 Å². The van der Waals surface area contributed by atoms with Crippen LogP contribution in [0.2, 0.25) is 0 Å². The minimum atomic E-state index is 0.435. The second kappa shape index (κ2) is 4.91. The molecule has 1 fully saturated rings. The monoisotopic (exact) mass is 211 g/mol. The van der Waals surface area contributed by atoms with Gasteiger partial charge in [-0.1, -0.05) is 0 Å². The van der Waals surface area contributed by atoms with E-state index in [1.54, 1.807) is 11.3 Å². The van der Waals surface area contributed by atoms with Crippen LogP contribution in [0.4, 0.5) is 0 Å². The van der Waals surface area contributed by atoms with E-state index < -0.39 is 0 Å². The second-order valence-corrected chi connectivity index (χ2v) is 4.67. The number of hydrogen-bond donors (Lipinski definition) is 1. The van der Waals surface area contributed by atoms with Gasteiger partial charge in [0.05, 0.1) is 6.10 Å². The zero-order valence-electron chi connectivity index (χ0n) is 8.53. The summed E-state index contributed by atoms with van der Waals surface area (Å²) >= 11 is 1.76. The van der Waals surface area contributed by atoms with Crippen molar-refractivity contribution in [2.45, 2.75) is 26.0 Å². The molecule has 2 heterocycles. The number of nitrogens with one attached hydrogen (secondary N) is 1. The molecule has 2 atom stereocenters. The summed E-state index contributed by atoms with van der Waals surface area (Å²) in [5, 5.41) is 7.81. The fourth-order valence-electron chi connectivity index (χ4n) is 1.84. The molecule has 0 radical (unpaired) electrons. The maximum atomic E-state index is 5.52. The predicted molar refractivity (Wildman–Crippen MR) is 59.5 cm³/mol. The highest BCUT2D eigenvalue weighted by atomic mass is 32.1. The summed E-state index contributed by atoms with van der Waals surface area (Å²) in [7, 11) is 0. The smallest absolute Gasteiger partial charge is 0.0588 e. The molecule has 1 aromatic rings. The Bertz CT molecular complexity index is 260. The van der Waals surface area contributed by atoms with Crippen LogP contribution in [0.1, 0.15) is 18.9 Å². The van der Waals surface area contributed by atoms with Crippen LogP contribution in [0.15, 0.2) is 16.8 Å². The van der Waals surface area contributed by atoms with Gasteiger partial charge in [-0.2, -0.15) is 11.3 Å². The Morgan fingerprint density at radius 1 is 1.64 bits per heavy atom. The van der Waals surface area contributed by atoms with Gasteiger partial charge < -0.3 is 10.1 Å². The third kappa shape index (κ3) is 2.56. The molecule has 1 saturated heterocycles. The molecular formula is C11H17NOS. The summed E-state index contributed by atoms with van der Waals surface area (Å²) in [5.41, 5.74) is 1.39. The summed E-state index contributed by atoms with van der Waals surface area (Å²) in [6.07, 6.45) is 1.64. The Balaban J connectivity index is 1.68. The minimum absolute atomic E-state index is 0.435. The van der Waals surface area contributed by atoms with Crippen molar-refractivity contribution in [2.75, 3.05) is 13.2 Å². The van der Waals surface area contributed by atoms with Gasteiger partial charge in [-0.3, -0.25) is 0 Å². The first-order valence-corrected chi connectivity index (χ1v) is 6.14. The Morgan fingerprint density at radius 2 is 2.57 bits per heavy atom. The standard InChI is InChI=1S/C11H17NOS/c1-9-11(2-4-13-9)7-12-6-10-3-5-14-8-10/h3,5,8-9,11-12H,2,4,6-7H2,1H3. The van der Waals surface area contributed by atoms with Crippen LogP contribution in [-0.4, -0.2) is 19.3 Å². The Hall–Kier alpha value is -0.380. The van der Waals surface area contributed by atoms with Gasteiger partial charge in [-0.15, -0.1) is 0 Å². The number of rotatable bonds is 4. The minimum Gasteiger partial charge on any atom is -0.378 e. The fourth-order valence-corrected chi connectivity index (χ4v) is 2.51. The van der Waals surface area contributed by atoms with Gasteiger partial charge in [-0.25, -0.2) is 0 Å². The van der Waals surface area contributed by atoms with Crippen molar-refractivity contribution in [1.82, 2.24) is 5.32 Å². The van der Waals surface area contributed by atoms with Gasteiger partial charge in [0.2, 0.25) is 0 Å². The number of hydrogen-bond acceptors (Lipinski definition) is 3.